The highest BCUT2D eigenvalue weighted by Gasteiger charge is 2.30. The number of allylic oxidation sites excluding steroid dienone is 1. The molecule has 1 saturated heterocycles. The normalized spacial score (nSPS) is 19.8. The largest absolute Gasteiger partial charge is 0.484 e. The predicted molar refractivity (Wildman–Crippen MR) is 188 cm³/mol. The number of rotatable bonds is 11. The Morgan fingerprint density at radius 2 is 1.92 bits per heavy atom. The number of hydrogen-bond donors (Lipinski definition) is 5. The molecule has 0 spiro atoms. The second-order valence-electron chi connectivity index (χ2n) is 14.1. The maximum absolute atomic E-state index is 13.5. The molecular weight excluding hydrogens is 620 g/mol. The minimum Gasteiger partial charge on any atom is -0.484 e. The molecule has 2 amide bonds. The number of aliphatic hydroxyl groups is 1. The van der Waals surface area contributed by atoms with Gasteiger partial charge in [0.15, 0.2) is 11.3 Å². The predicted octanol–water partition coefficient (Wildman–Crippen LogP) is 4.74. The number of nitrogens with zero attached hydrogens (tertiary/aromatic N) is 6. The van der Waals surface area contributed by atoms with E-state index in [1.54, 1.807) is 17.0 Å². The lowest BCUT2D eigenvalue weighted by molar-refractivity contribution is -0.522. The Balaban J connectivity index is 1.16. The van der Waals surface area contributed by atoms with Gasteiger partial charge in [-0.3, -0.25) is 19.7 Å². The lowest BCUT2D eigenvalue weighted by atomic mass is 9.85. The van der Waals surface area contributed by atoms with E-state index in [-0.39, 0.29) is 24.8 Å². The second kappa shape index (κ2) is 14.8. The summed E-state index contributed by atoms with van der Waals surface area (Å²) in [6.45, 7) is 9.78. The molecule has 13 heteroatoms. The van der Waals surface area contributed by atoms with E-state index in [0.717, 1.165) is 53.5 Å². The van der Waals surface area contributed by atoms with Gasteiger partial charge in [0.25, 0.3) is 0 Å². The number of anilines is 1. The van der Waals surface area contributed by atoms with Crippen LogP contribution < -0.4 is 25.6 Å². The first-order valence-corrected chi connectivity index (χ1v) is 17.3. The van der Waals surface area contributed by atoms with E-state index >= 15 is 0 Å². The first kappa shape index (κ1) is 34.1. The van der Waals surface area contributed by atoms with E-state index in [1.807, 2.05) is 73.2 Å². The zero-order valence-corrected chi connectivity index (χ0v) is 28.9. The SMILES string of the molecule is CC1CCCCN1c1nnc2ccc(OC3CCC(NC(=O)NC(=CC(=N)C(C)(C)C)[NH2+]c4cnn(CCCO)c4)c4ccccc43)cn12. The van der Waals surface area contributed by atoms with Crippen molar-refractivity contribution in [3.63, 3.8) is 0 Å². The van der Waals surface area contributed by atoms with Gasteiger partial charge in [0.05, 0.1) is 18.4 Å². The molecule has 3 unspecified atom stereocenters. The van der Waals surface area contributed by atoms with Crippen molar-refractivity contribution >= 4 is 29.0 Å². The molecule has 260 valence electrons. The molecular formula is C36H49N10O3+. The highest BCUT2D eigenvalue weighted by Crippen LogP contribution is 2.39. The van der Waals surface area contributed by atoms with Crippen LogP contribution in [-0.2, 0) is 6.54 Å². The number of amides is 2. The van der Waals surface area contributed by atoms with Crippen LogP contribution in [0.3, 0.4) is 0 Å². The Bertz CT molecular complexity index is 1810. The topological polar surface area (TPSA) is 162 Å². The number of nitrogens with two attached hydrogens (primary N) is 1. The molecule has 6 rings (SSSR count). The molecule has 1 aliphatic heterocycles. The number of ether oxygens (including phenoxy) is 1. The minimum atomic E-state index is -0.397. The molecule has 3 aromatic heterocycles. The van der Waals surface area contributed by atoms with Crippen LogP contribution in [0.25, 0.3) is 5.65 Å². The number of nitrogens with one attached hydrogen (secondary N) is 3. The Kier molecular flexibility index (Phi) is 10.3. The summed E-state index contributed by atoms with van der Waals surface area (Å²) in [6.07, 6.45) is 12.6. The van der Waals surface area contributed by atoms with Crippen molar-refractivity contribution in [3.8, 4) is 5.75 Å². The van der Waals surface area contributed by atoms with E-state index in [2.05, 4.69) is 43.8 Å². The third-order valence-corrected chi connectivity index (χ3v) is 9.32. The van der Waals surface area contributed by atoms with Gasteiger partial charge >= 0.3 is 6.03 Å². The summed E-state index contributed by atoms with van der Waals surface area (Å²) < 4.78 is 10.4. The number of carbonyl (C=O) groups is 1. The van der Waals surface area contributed by atoms with Gasteiger partial charge in [-0.15, -0.1) is 10.2 Å². The molecule has 49 heavy (non-hydrogen) atoms. The first-order valence-electron chi connectivity index (χ1n) is 17.3. The summed E-state index contributed by atoms with van der Waals surface area (Å²) >= 11 is 0. The van der Waals surface area contributed by atoms with Crippen molar-refractivity contribution in [1.82, 2.24) is 35.0 Å². The maximum atomic E-state index is 13.5. The molecule has 1 fully saturated rings. The Labute approximate surface area is 287 Å². The summed E-state index contributed by atoms with van der Waals surface area (Å²) in [5, 5.41) is 39.0. The number of urea groups is 1. The van der Waals surface area contributed by atoms with Gasteiger partial charge in [0, 0.05) is 42.9 Å². The number of fused-ring (bicyclic) bond motifs is 2. The molecule has 0 bridgehead atoms. The fourth-order valence-electron chi connectivity index (χ4n) is 6.51. The lowest BCUT2D eigenvalue weighted by Gasteiger charge is -2.33. The molecule has 1 aromatic carbocycles. The summed E-state index contributed by atoms with van der Waals surface area (Å²) in [6, 6.07) is 11.9. The van der Waals surface area contributed by atoms with Crippen LogP contribution >= 0.6 is 0 Å². The number of carbonyl (C=O) groups excluding carboxylic acids is 1. The Morgan fingerprint density at radius 1 is 1.10 bits per heavy atom. The van der Waals surface area contributed by atoms with Crippen LogP contribution in [0.15, 0.2) is 66.9 Å². The zero-order valence-electron chi connectivity index (χ0n) is 28.9. The van der Waals surface area contributed by atoms with E-state index in [1.165, 1.54) is 6.42 Å². The molecule has 13 nitrogen and oxygen atoms in total. The zero-order chi connectivity index (χ0) is 34.5. The molecule has 3 atom stereocenters. The molecule has 1 aliphatic carbocycles. The van der Waals surface area contributed by atoms with Crippen LogP contribution in [0.4, 0.5) is 16.4 Å². The van der Waals surface area contributed by atoms with E-state index < -0.39 is 5.41 Å². The van der Waals surface area contributed by atoms with Crippen molar-refractivity contribution in [2.75, 3.05) is 18.1 Å². The molecule has 4 heterocycles. The highest BCUT2D eigenvalue weighted by molar-refractivity contribution is 5.97. The number of aliphatic hydroxyl groups excluding tert-OH is 1. The average Bonchev–Trinajstić information content (AvgIpc) is 3.71. The van der Waals surface area contributed by atoms with Crippen molar-refractivity contribution < 1.29 is 20.0 Å². The van der Waals surface area contributed by atoms with E-state index in [0.29, 0.717) is 43.4 Å². The summed E-state index contributed by atoms with van der Waals surface area (Å²) in [7, 11) is 0. The van der Waals surface area contributed by atoms with Gasteiger partial charge in [-0.05, 0) is 68.7 Å². The van der Waals surface area contributed by atoms with Gasteiger partial charge in [0.2, 0.25) is 11.8 Å². The standard InChI is InChI=1S/C36H48N10O3/c1-24-10-7-8-18-45(24)35-43-42-33-16-13-26(23-46(33)35)49-30-15-14-29(27-11-5-6-12-28(27)30)40-34(48)41-32(20-31(37)36(2,3)4)39-25-21-38-44(22-25)17-9-19-47/h5-6,11-13,16,20-24,29-30,37,39,47H,7-10,14-15,17-19H2,1-4H3,(H2,40,41,48)/p+1. The summed E-state index contributed by atoms with van der Waals surface area (Å²) in [4.78, 5) is 15.8. The first-order chi connectivity index (χ1) is 23.6. The smallest absolute Gasteiger partial charge is 0.323 e. The summed E-state index contributed by atoms with van der Waals surface area (Å²) in [5.41, 5.74) is 3.63. The lowest BCUT2D eigenvalue weighted by Crippen LogP contribution is -2.79. The van der Waals surface area contributed by atoms with Gasteiger partial charge in [-0.2, -0.15) is 5.10 Å². The molecule has 2 aliphatic rings. The quantitative estimate of drug-likeness (QED) is 0.144. The van der Waals surface area contributed by atoms with Crippen molar-refractivity contribution in [2.24, 2.45) is 5.41 Å². The van der Waals surface area contributed by atoms with Crippen molar-refractivity contribution in [1.29, 1.82) is 5.41 Å². The van der Waals surface area contributed by atoms with E-state index in [9.17, 15) is 4.79 Å². The Morgan fingerprint density at radius 3 is 2.69 bits per heavy atom. The minimum absolute atomic E-state index is 0.0871. The average molecular weight is 670 g/mol. The third-order valence-electron chi connectivity index (χ3n) is 9.32. The maximum Gasteiger partial charge on any atom is 0.323 e. The van der Waals surface area contributed by atoms with Gasteiger partial charge in [-0.1, -0.05) is 45.0 Å². The highest BCUT2D eigenvalue weighted by atomic mass is 16.5. The van der Waals surface area contributed by atoms with Crippen molar-refractivity contribution in [3.05, 3.63) is 78.0 Å². The molecule has 4 aromatic rings. The third kappa shape index (κ3) is 8.11. The van der Waals surface area contributed by atoms with Crippen LogP contribution in [0.2, 0.25) is 0 Å². The fourth-order valence-corrected chi connectivity index (χ4v) is 6.51. The summed E-state index contributed by atoms with van der Waals surface area (Å²) in [5.74, 6) is 2.09. The number of piperidine rings is 1. The van der Waals surface area contributed by atoms with Crippen LogP contribution in [0.1, 0.15) is 89.5 Å². The van der Waals surface area contributed by atoms with Gasteiger partial charge < -0.3 is 25.5 Å². The van der Waals surface area contributed by atoms with Crippen LogP contribution in [0, 0.1) is 10.8 Å². The van der Waals surface area contributed by atoms with Crippen molar-refractivity contribution in [2.45, 2.75) is 91.0 Å². The monoisotopic (exact) mass is 669 g/mol. The van der Waals surface area contributed by atoms with Gasteiger partial charge in [0.1, 0.15) is 18.1 Å². The van der Waals surface area contributed by atoms with Crippen LogP contribution in [0.5, 0.6) is 5.75 Å². The van der Waals surface area contributed by atoms with E-state index in [4.69, 9.17) is 15.3 Å². The number of benzene rings is 1. The fraction of sp³-hybridized carbons (Fsp3) is 0.472. The number of quaternary nitrogens is 1. The molecule has 6 N–H and O–H groups in total. The number of aryl methyl sites for hydroxylation is 1. The second-order valence-corrected chi connectivity index (χ2v) is 14.1. The molecule has 0 radical (unpaired) electrons. The number of aromatic nitrogens is 5. The number of hydrogen-bond acceptors (Lipinski definition) is 8. The molecule has 0 saturated carbocycles. The van der Waals surface area contributed by atoms with Gasteiger partial charge in [-0.25, -0.2) is 4.79 Å². The van der Waals surface area contributed by atoms with Crippen LogP contribution in [-0.4, -0.2) is 60.4 Å². The number of pyridine rings is 1. The Hall–Kier alpha value is -4.75.